The Hall–Kier alpha value is -16.0. The summed E-state index contributed by atoms with van der Waals surface area (Å²) in [5, 5.41) is 8.70. The third kappa shape index (κ3) is 12.5. The van der Waals surface area contributed by atoms with E-state index >= 15 is 0 Å². The molecular weight excluding hydrogens is 1440 g/mol. The molecule has 0 unspecified atom stereocenters. The Kier molecular flexibility index (Phi) is 17.0. The summed E-state index contributed by atoms with van der Waals surface area (Å²) in [4.78, 5) is 30.4. The average Bonchev–Trinajstić information content (AvgIpc) is 1.56. The lowest BCUT2D eigenvalue weighted by atomic mass is 10.00. The van der Waals surface area contributed by atoms with Crippen LogP contribution in [0.15, 0.2) is 421 Å². The van der Waals surface area contributed by atoms with Crippen molar-refractivity contribution in [3.8, 4) is 135 Å². The Morgan fingerprint density at radius 1 is 0.161 bits per heavy atom. The van der Waals surface area contributed by atoms with Crippen LogP contribution in [-0.2, 0) is 0 Å². The van der Waals surface area contributed by atoms with Crippen LogP contribution in [0.1, 0.15) is 0 Å². The molecule has 23 rings (SSSR count). The van der Waals surface area contributed by atoms with Crippen molar-refractivity contribution in [2.45, 2.75) is 0 Å². The zero-order chi connectivity index (χ0) is 78.0. The highest BCUT2D eigenvalue weighted by molar-refractivity contribution is 6.23. The quantitative estimate of drug-likeness (QED) is 0.112. The molecule has 17 aromatic carbocycles. The lowest BCUT2D eigenvalue weighted by molar-refractivity contribution is 0.670. The van der Waals surface area contributed by atoms with E-state index in [0.717, 1.165) is 155 Å². The predicted molar refractivity (Wildman–Crippen MR) is 483 cm³/mol. The maximum absolute atomic E-state index is 6.86. The van der Waals surface area contributed by atoms with E-state index in [2.05, 4.69) is 331 Å². The zero-order valence-electron chi connectivity index (χ0n) is 63.7. The fourth-order valence-electron chi connectivity index (χ4n) is 16.8. The van der Waals surface area contributed by atoms with Crippen molar-refractivity contribution in [3.05, 3.63) is 413 Å². The minimum Gasteiger partial charge on any atom is -0.454 e. The molecule has 0 amide bonds. The summed E-state index contributed by atoms with van der Waals surface area (Å²) in [6.45, 7) is 0. The van der Waals surface area contributed by atoms with Crippen LogP contribution in [0.25, 0.3) is 223 Å². The monoisotopic (exact) mass is 1510 g/mol. The molecule has 118 heavy (non-hydrogen) atoms. The second-order valence-electron chi connectivity index (χ2n) is 29.7. The molecule has 552 valence electrons. The van der Waals surface area contributed by atoms with E-state index in [9.17, 15) is 0 Å². The summed E-state index contributed by atoms with van der Waals surface area (Å²) in [6.07, 6.45) is 0. The second kappa shape index (κ2) is 29.2. The largest absolute Gasteiger partial charge is 0.454 e. The van der Waals surface area contributed by atoms with Gasteiger partial charge in [0, 0.05) is 87.8 Å². The van der Waals surface area contributed by atoms with Crippen molar-refractivity contribution >= 4 is 87.5 Å². The van der Waals surface area contributed by atoms with E-state index in [1.54, 1.807) is 0 Å². The number of rotatable bonds is 13. The molecule has 0 spiro atoms. The van der Waals surface area contributed by atoms with Crippen LogP contribution >= 0.6 is 0 Å². The minimum atomic E-state index is 0.588. The molecule has 0 N–H and O–H groups in total. The van der Waals surface area contributed by atoms with Crippen LogP contribution in [0.4, 0.5) is 0 Å². The summed E-state index contributed by atoms with van der Waals surface area (Å²) >= 11 is 0. The van der Waals surface area contributed by atoms with E-state index in [1.807, 2.05) is 91.0 Å². The van der Waals surface area contributed by atoms with Gasteiger partial charge in [0.2, 0.25) is 0 Å². The lowest BCUT2D eigenvalue weighted by Crippen LogP contribution is -2.00. The number of hydrogen-bond acceptors (Lipinski definition) is 8. The SMILES string of the molecule is c1ccc(-c2ccc(-c3cccc(-n4c5ccccc5c5ccc6c7cc(-c8nc(-c9ccccc9)nc(-c9ccccc9)n8)ccc7oc6c54)c3)cc2)cc1.c1ccc(-c2ccc(-n3c4ccccc4c4ccc5c6cc(-c7nc(-c8cccc(-c9ccccc9)c8)nc(-c8cccc(-c9ccccc9)c8)n7)ccc6oc5c43)cc2)cc1. The fraction of sp³-hybridized carbons (Fsp3) is 0. The van der Waals surface area contributed by atoms with Gasteiger partial charge in [-0.3, -0.25) is 0 Å². The first-order chi connectivity index (χ1) is 58.5. The molecule has 6 heterocycles. The Bertz CT molecular complexity index is 7600. The molecule has 0 fully saturated rings. The van der Waals surface area contributed by atoms with Crippen LogP contribution in [0.2, 0.25) is 0 Å². The standard InChI is InChI=1S/C57H36N4O.C51H32N4O/c1-4-14-37(15-5-1)40-26-29-46(30-27-40)61-51-25-11-10-24-47(51)48-31-32-49-50-36-45(28-33-52(50)62-54(49)53(48)61)57-59-55(43-22-12-20-41(34-43)38-16-6-2-7-17-38)58-56(60-57)44-23-13-21-42(35-44)39-18-8-3-9-19-39;1-4-13-33(14-5-1)34-23-25-35(26-24-34)38-19-12-20-40(31-38)55-45-22-11-10-21-41(45)42-28-29-43-44-32-39(27-30-46(44)56-48(43)47(42)55)51-53-49(36-15-6-2-7-16-36)52-50(54-51)37-17-8-3-9-18-37/h1-36H;1-32H. The topological polar surface area (TPSA) is 113 Å². The van der Waals surface area contributed by atoms with Crippen LogP contribution in [-0.4, -0.2) is 39.0 Å². The first-order valence-corrected chi connectivity index (χ1v) is 39.6. The smallest absolute Gasteiger partial charge is 0.164 e. The highest BCUT2D eigenvalue weighted by Crippen LogP contribution is 2.45. The van der Waals surface area contributed by atoms with Crippen LogP contribution in [0.3, 0.4) is 0 Å². The van der Waals surface area contributed by atoms with Crippen molar-refractivity contribution in [2.75, 3.05) is 0 Å². The molecule has 0 saturated carbocycles. The molecule has 0 aliphatic rings. The van der Waals surface area contributed by atoms with Gasteiger partial charge >= 0.3 is 0 Å². The lowest BCUT2D eigenvalue weighted by Gasteiger charge is -2.11. The van der Waals surface area contributed by atoms with Crippen molar-refractivity contribution in [2.24, 2.45) is 0 Å². The van der Waals surface area contributed by atoms with E-state index in [1.165, 1.54) is 33.0 Å². The molecule has 0 radical (unpaired) electrons. The number of para-hydroxylation sites is 2. The number of nitrogens with zero attached hydrogens (tertiary/aromatic N) is 8. The van der Waals surface area contributed by atoms with E-state index in [0.29, 0.717) is 34.9 Å². The molecule has 10 nitrogen and oxygen atoms in total. The maximum atomic E-state index is 6.86. The Morgan fingerprint density at radius 3 is 0.839 bits per heavy atom. The van der Waals surface area contributed by atoms with Gasteiger partial charge in [-0.15, -0.1) is 0 Å². The van der Waals surface area contributed by atoms with Gasteiger partial charge in [0.15, 0.2) is 46.1 Å². The summed E-state index contributed by atoms with van der Waals surface area (Å²) in [6, 6.07) is 144. The van der Waals surface area contributed by atoms with Crippen molar-refractivity contribution in [1.29, 1.82) is 0 Å². The third-order valence-electron chi connectivity index (χ3n) is 22.5. The minimum absolute atomic E-state index is 0.588. The van der Waals surface area contributed by atoms with Gasteiger partial charge in [-0.05, 0) is 153 Å². The molecule has 0 atom stereocenters. The summed E-state index contributed by atoms with van der Waals surface area (Å²) in [5.41, 5.74) is 26.8. The zero-order valence-corrected chi connectivity index (χ0v) is 63.7. The third-order valence-corrected chi connectivity index (χ3v) is 22.5. The molecule has 0 saturated heterocycles. The van der Waals surface area contributed by atoms with Crippen molar-refractivity contribution in [1.82, 2.24) is 39.0 Å². The van der Waals surface area contributed by atoms with Gasteiger partial charge in [0.1, 0.15) is 11.2 Å². The summed E-state index contributed by atoms with van der Waals surface area (Å²) < 4.78 is 18.4. The van der Waals surface area contributed by atoms with Crippen LogP contribution < -0.4 is 0 Å². The maximum Gasteiger partial charge on any atom is 0.164 e. The molecule has 23 aromatic rings. The number of benzene rings is 17. The van der Waals surface area contributed by atoms with Gasteiger partial charge in [-0.2, -0.15) is 0 Å². The first kappa shape index (κ1) is 68.7. The van der Waals surface area contributed by atoms with E-state index in [-0.39, 0.29) is 0 Å². The van der Waals surface area contributed by atoms with Gasteiger partial charge in [0.25, 0.3) is 0 Å². The van der Waals surface area contributed by atoms with Gasteiger partial charge in [-0.25, -0.2) is 29.9 Å². The predicted octanol–water partition coefficient (Wildman–Crippen LogP) is 28.1. The molecule has 10 heteroatoms. The van der Waals surface area contributed by atoms with Gasteiger partial charge < -0.3 is 18.0 Å². The van der Waals surface area contributed by atoms with Crippen LogP contribution in [0.5, 0.6) is 0 Å². The van der Waals surface area contributed by atoms with Crippen molar-refractivity contribution in [3.63, 3.8) is 0 Å². The number of hydrogen-bond donors (Lipinski definition) is 0. The van der Waals surface area contributed by atoms with Crippen molar-refractivity contribution < 1.29 is 8.83 Å². The normalized spacial score (nSPS) is 11.6. The molecule has 6 aromatic heterocycles. The highest BCUT2D eigenvalue weighted by Gasteiger charge is 2.25. The number of fused-ring (bicyclic) bond motifs is 14. The average molecular weight is 1510 g/mol. The van der Waals surface area contributed by atoms with E-state index in [4.69, 9.17) is 38.7 Å². The molecular formula is C108H68N8O2. The van der Waals surface area contributed by atoms with Gasteiger partial charge in [0.05, 0.1) is 22.1 Å². The Labute approximate surface area is 678 Å². The Balaban J connectivity index is 0.000000143. The Morgan fingerprint density at radius 2 is 0.432 bits per heavy atom. The van der Waals surface area contributed by atoms with E-state index < -0.39 is 0 Å². The highest BCUT2D eigenvalue weighted by atomic mass is 16.3. The molecule has 0 aliphatic heterocycles. The first-order valence-electron chi connectivity index (χ1n) is 39.6. The number of furan rings is 2. The second-order valence-corrected chi connectivity index (χ2v) is 29.7. The van der Waals surface area contributed by atoms with Gasteiger partial charge in [-0.1, -0.05) is 315 Å². The summed E-state index contributed by atoms with van der Waals surface area (Å²) in [7, 11) is 0. The molecule has 0 aliphatic carbocycles. The van der Waals surface area contributed by atoms with Crippen LogP contribution in [0, 0.1) is 0 Å². The fourth-order valence-corrected chi connectivity index (χ4v) is 16.8. The molecule has 0 bridgehead atoms. The summed E-state index contributed by atoms with van der Waals surface area (Å²) in [5.74, 6) is 3.67. The number of aromatic nitrogens is 8.